The van der Waals surface area contributed by atoms with E-state index in [1.807, 2.05) is 6.92 Å². The molecule has 1 amide bonds. The lowest BCUT2D eigenvalue weighted by molar-refractivity contribution is -0.0258. The number of hydrogen-bond acceptors (Lipinski definition) is 4. The summed E-state index contributed by atoms with van der Waals surface area (Å²) in [6.07, 6.45) is 1.86. The molecular weight excluding hydrogens is 352 g/mol. The zero-order valence-corrected chi connectivity index (χ0v) is 16.2. The largest absolute Gasteiger partial charge is 0.350 e. The Morgan fingerprint density at radius 2 is 1.92 bits per heavy atom. The van der Waals surface area contributed by atoms with E-state index in [2.05, 4.69) is 19.2 Å². The Morgan fingerprint density at radius 1 is 1.29 bits per heavy atom. The monoisotopic (exact) mass is 376 g/mol. The number of nitrogens with zero attached hydrogens (tertiary/aromatic N) is 1. The first kappa shape index (κ1) is 20.9. The minimum Gasteiger partial charge on any atom is -0.350 e. The third-order valence-electron chi connectivity index (χ3n) is 3.62. The van der Waals surface area contributed by atoms with Crippen molar-refractivity contribution >= 4 is 27.5 Å². The van der Waals surface area contributed by atoms with E-state index in [1.165, 1.54) is 32.4 Å². The number of nitrogens with one attached hydrogen (secondary N) is 1. The van der Waals surface area contributed by atoms with E-state index < -0.39 is 10.0 Å². The summed E-state index contributed by atoms with van der Waals surface area (Å²) in [4.78, 5) is 16.9. The summed E-state index contributed by atoms with van der Waals surface area (Å²) >= 11 is 5.98. The number of halogens is 1. The second-order valence-corrected chi connectivity index (χ2v) is 8.40. The molecule has 6 nitrogen and oxygen atoms in total. The molecule has 1 unspecified atom stereocenters. The molecule has 24 heavy (non-hydrogen) atoms. The highest BCUT2D eigenvalue weighted by Crippen LogP contribution is 2.25. The first-order chi connectivity index (χ1) is 11.1. The Labute approximate surface area is 149 Å². The highest BCUT2D eigenvalue weighted by molar-refractivity contribution is 7.89. The molecule has 1 rings (SSSR count). The number of carbonyl (C=O) groups excluding carboxylic acids is 1. The van der Waals surface area contributed by atoms with Crippen LogP contribution in [0.5, 0.6) is 0 Å². The predicted molar refractivity (Wildman–Crippen MR) is 94.4 cm³/mol. The van der Waals surface area contributed by atoms with Gasteiger partial charge >= 0.3 is 0 Å². The fourth-order valence-electron chi connectivity index (χ4n) is 2.04. The predicted octanol–water partition coefficient (Wildman–Crippen LogP) is 3.08. The van der Waals surface area contributed by atoms with Crippen LogP contribution in [-0.4, -0.2) is 39.0 Å². The molecule has 0 aliphatic carbocycles. The maximum atomic E-state index is 12.3. The van der Waals surface area contributed by atoms with E-state index in [0.717, 1.165) is 12.8 Å². The molecule has 0 aromatic heterocycles. The molecule has 0 saturated carbocycles. The first-order valence-electron chi connectivity index (χ1n) is 7.73. The van der Waals surface area contributed by atoms with E-state index in [1.54, 1.807) is 0 Å². The number of benzene rings is 1. The lowest BCUT2D eigenvalue weighted by Crippen LogP contribution is -2.33. The van der Waals surface area contributed by atoms with E-state index in [0.29, 0.717) is 10.4 Å². The summed E-state index contributed by atoms with van der Waals surface area (Å²) in [6.45, 7) is 6.17. The van der Waals surface area contributed by atoms with Crippen LogP contribution in [0.25, 0.3) is 0 Å². The van der Waals surface area contributed by atoms with Crippen LogP contribution in [-0.2, 0) is 14.9 Å². The Bertz CT molecular complexity index is 677. The van der Waals surface area contributed by atoms with Crippen molar-refractivity contribution in [1.29, 1.82) is 0 Å². The van der Waals surface area contributed by atoms with Crippen LogP contribution in [0.4, 0.5) is 0 Å². The second-order valence-electron chi connectivity index (χ2n) is 6.09. The average Bonchev–Trinajstić information content (AvgIpc) is 2.52. The Hall–Kier alpha value is -1.15. The summed E-state index contributed by atoms with van der Waals surface area (Å²) in [5.41, 5.74) is 0.235. The number of hydroxylamine groups is 1. The minimum absolute atomic E-state index is 0.00251. The highest BCUT2D eigenvalue weighted by Gasteiger charge is 2.25. The fraction of sp³-hybridized carbons (Fsp3) is 0.562. The number of amides is 1. The molecule has 0 spiro atoms. The van der Waals surface area contributed by atoms with Gasteiger partial charge in [-0.05, 0) is 43.9 Å². The van der Waals surface area contributed by atoms with Crippen molar-refractivity contribution in [1.82, 2.24) is 9.79 Å². The third kappa shape index (κ3) is 5.44. The van der Waals surface area contributed by atoms with E-state index in [-0.39, 0.29) is 27.4 Å². The van der Waals surface area contributed by atoms with Crippen LogP contribution in [0.1, 0.15) is 44.0 Å². The van der Waals surface area contributed by atoms with Gasteiger partial charge in [-0.15, -0.1) is 0 Å². The number of sulfonamides is 1. The SMILES string of the molecule is CON(C)S(=O)(=O)c1cc(C(=O)NC(C)CCC(C)C)ccc1Cl. The number of carbonyl (C=O) groups is 1. The van der Waals surface area contributed by atoms with Gasteiger partial charge in [-0.25, -0.2) is 8.42 Å². The van der Waals surface area contributed by atoms with Crippen molar-refractivity contribution in [2.24, 2.45) is 5.92 Å². The van der Waals surface area contributed by atoms with Crippen molar-refractivity contribution in [3.05, 3.63) is 28.8 Å². The number of hydrogen-bond donors (Lipinski definition) is 1. The summed E-state index contributed by atoms with van der Waals surface area (Å²) < 4.78 is 25.4. The van der Waals surface area contributed by atoms with Gasteiger partial charge in [0.15, 0.2) is 0 Å². The van der Waals surface area contributed by atoms with Gasteiger partial charge in [-0.2, -0.15) is 0 Å². The van der Waals surface area contributed by atoms with Crippen molar-refractivity contribution in [2.45, 2.75) is 44.6 Å². The minimum atomic E-state index is -3.93. The quantitative estimate of drug-likeness (QED) is 0.707. The van der Waals surface area contributed by atoms with E-state index >= 15 is 0 Å². The second kappa shape index (κ2) is 8.80. The summed E-state index contributed by atoms with van der Waals surface area (Å²) in [5.74, 6) is 0.223. The van der Waals surface area contributed by atoms with Crippen molar-refractivity contribution in [3.63, 3.8) is 0 Å². The van der Waals surface area contributed by atoms with Crippen LogP contribution in [0, 0.1) is 5.92 Å². The standard InChI is InChI=1S/C16H25ClN2O4S/c1-11(2)6-7-12(3)18-16(20)13-8-9-14(17)15(10-13)24(21,22)19(4)23-5/h8-12H,6-7H2,1-5H3,(H,18,20). The van der Waals surface area contributed by atoms with Gasteiger partial charge in [0, 0.05) is 18.7 Å². The van der Waals surface area contributed by atoms with Gasteiger partial charge < -0.3 is 5.32 Å². The maximum Gasteiger partial charge on any atom is 0.266 e. The number of rotatable bonds is 8. The van der Waals surface area contributed by atoms with Crippen LogP contribution in [0.15, 0.2) is 23.1 Å². The van der Waals surface area contributed by atoms with Crippen LogP contribution in [0.2, 0.25) is 5.02 Å². The molecule has 0 heterocycles. The summed E-state index contributed by atoms with van der Waals surface area (Å²) in [7, 11) is -1.44. The summed E-state index contributed by atoms with van der Waals surface area (Å²) in [5, 5.41) is 2.90. The molecule has 1 aromatic rings. The van der Waals surface area contributed by atoms with Crippen molar-refractivity contribution in [2.75, 3.05) is 14.2 Å². The molecule has 1 aromatic carbocycles. The van der Waals surface area contributed by atoms with Crippen LogP contribution in [0.3, 0.4) is 0 Å². The van der Waals surface area contributed by atoms with Crippen LogP contribution >= 0.6 is 11.6 Å². The van der Waals surface area contributed by atoms with E-state index in [9.17, 15) is 13.2 Å². The molecule has 0 bridgehead atoms. The molecule has 1 N–H and O–H groups in total. The molecule has 0 radical (unpaired) electrons. The Morgan fingerprint density at radius 3 is 2.46 bits per heavy atom. The average molecular weight is 377 g/mol. The van der Waals surface area contributed by atoms with Gasteiger partial charge in [0.05, 0.1) is 12.1 Å². The molecule has 0 fully saturated rings. The first-order valence-corrected chi connectivity index (χ1v) is 9.54. The molecular formula is C16H25ClN2O4S. The zero-order valence-electron chi connectivity index (χ0n) is 14.7. The van der Waals surface area contributed by atoms with Crippen molar-refractivity contribution in [3.8, 4) is 0 Å². The lowest BCUT2D eigenvalue weighted by Gasteiger charge is -2.17. The Balaban J connectivity index is 2.99. The van der Waals surface area contributed by atoms with Crippen LogP contribution < -0.4 is 5.32 Å². The molecule has 0 aliphatic rings. The summed E-state index contributed by atoms with van der Waals surface area (Å²) in [6, 6.07) is 4.15. The Kier molecular flexibility index (Phi) is 7.66. The smallest absolute Gasteiger partial charge is 0.266 e. The topological polar surface area (TPSA) is 75.7 Å². The van der Waals surface area contributed by atoms with E-state index in [4.69, 9.17) is 16.4 Å². The van der Waals surface area contributed by atoms with Gasteiger partial charge in [0.1, 0.15) is 4.90 Å². The van der Waals surface area contributed by atoms with Gasteiger partial charge in [0.25, 0.3) is 15.9 Å². The normalized spacial score (nSPS) is 13.3. The van der Waals surface area contributed by atoms with Gasteiger partial charge in [-0.1, -0.05) is 29.9 Å². The molecule has 1 atom stereocenters. The molecule has 0 aliphatic heterocycles. The highest BCUT2D eigenvalue weighted by atomic mass is 35.5. The van der Waals surface area contributed by atoms with Gasteiger partial charge in [-0.3, -0.25) is 9.63 Å². The fourth-order valence-corrected chi connectivity index (χ4v) is 3.52. The lowest BCUT2D eigenvalue weighted by atomic mass is 10.0. The molecule has 0 saturated heterocycles. The third-order valence-corrected chi connectivity index (χ3v) is 5.78. The molecule has 8 heteroatoms. The molecule has 136 valence electrons. The van der Waals surface area contributed by atoms with Crippen molar-refractivity contribution < 1.29 is 18.0 Å². The zero-order chi connectivity index (χ0) is 18.5. The maximum absolute atomic E-state index is 12.3. The van der Waals surface area contributed by atoms with Gasteiger partial charge in [0.2, 0.25) is 0 Å².